The van der Waals surface area contributed by atoms with E-state index in [2.05, 4.69) is 57.2 Å². The number of hydrogen-bond donors (Lipinski definition) is 0. The summed E-state index contributed by atoms with van der Waals surface area (Å²) < 4.78 is 7.68. The first-order chi connectivity index (χ1) is 13.4. The van der Waals surface area contributed by atoms with E-state index >= 15 is 0 Å². The molecule has 0 aliphatic rings. The minimum atomic E-state index is -0.237. The van der Waals surface area contributed by atoms with Crippen molar-refractivity contribution in [3.8, 4) is 11.1 Å². The third kappa shape index (κ3) is 3.69. The van der Waals surface area contributed by atoms with Crippen LogP contribution in [0.4, 0.5) is 0 Å². The Labute approximate surface area is 171 Å². The van der Waals surface area contributed by atoms with Crippen LogP contribution in [0.5, 0.6) is 0 Å². The van der Waals surface area contributed by atoms with E-state index < -0.39 is 0 Å². The summed E-state index contributed by atoms with van der Waals surface area (Å²) in [6.07, 6.45) is 0. The van der Waals surface area contributed by atoms with Crippen molar-refractivity contribution in [2.75, 3.05) is 0 Å². The Morgan fingerprint density at radius 2 is 1.46 bits per heavy atom. The monoisotopic (exact) mass is 434 g/mol. The molecule has 0 spiro atoms. The fraction of sp³-hybridized carbons (Fsp3) is 0.160. The summed E-state index contributed by atoms with van der Waals surface area (Å²) in [5.74, 6) is 0. The maximum absolute atomic E-state index is 13.0. The Kier molecular flexibility index (Phi) is 4.97. The Hall–Kier alpha value is -2.61. The molecule has 140 valence electrons. The Bertz CT molecular complexity index is 1170. The summed E-state index contributed by atoms with van der Waals surface area (Å²) in [6, 6.07) is 26.5. The molecule has 4 rings (SSSR count). The molecule has 1 aromatic heterocycles. The van der Waals surface area contributed by atoms with Crippen LogP contribution in [-0.4, -0.2) is 15.0 Å². The van der Waals surface area contributed by atoms with Gasteiger partial charge in [-0.1, -0.05) is 0 Å². The normalized spacial score (nSPS) is 11.7. The van der Waals surface area contributed by atoms with Crippen LogP contribution in [0, 0.1) is 0 Å². The molecule has 0 bridgehead atoms. The molecule has 3 heteroatoms. The van der Waals surface area contributed by atoms with E-state index in [9.17, 15) is 4.79 Å². The van der Waals surface area contributed by atoms with E-state index in [4.69, 9.17) is 4.42 Å². The molecule has 2 nitrogen and oxygen atoms in total. The molecule has 28 heavy (non-hydrogen) atoms. The molecule has 0 radical (unpaired) electrons. The average Bonchev–Trinajstić information content (AvgIpc) is 2.69. The van der Waals surface area contributed by atoms with Crippen LogP contribution in [0.3, 0.4) is 0 Å². The first kappa shape index (κ1) is 18.7. The predicted molar refractivity (Wildman–Crippen MR) is 118 cm³/mol. The van der Waals surface area contributed by atoms with E-state index in [-0.39, 0.29) is 26.0 Å². The van der Waals surface area contributed by atoms with Crippen molar-refractivity contribution in [1.82, 2.24) is 0 Å². The molecular formula is C25H22O2Se. The van der Waals surface area contributed by atoms with Crippen LogP contribution < -0.4 is 14.5 Å². The molecule has 0 atom stereocenters. The molecule has 0 unspecified atom stereocenters. The van der Waals surface area contributed by atoms with E-state index in [0.717, 1.165) is 25.4 Å². The van der Waals surface area contributed by atoms with Crippen LogP contribution >= 0.6 is 0 Å². The molecule has 0 saturated heterocycles. The van der Waals surface area contributed by atoms with Gasteiger partial charge in [0.05, 0.1) is 0 Å². The number of fused-ring (bicyclic) bond motifs is 1. The molecule has 0 aliphatic heterocycles. The first-order valence-electron chi connectivity index (χ1n) is 9.33. The first-order valence-corrected chi connectivity index (χ1v) is 11.0. The average molecular weight is 433 g/mol. The molecule has 3 aromatic carbocycles. The van der Waals surface area contributed by atoms with Crippen molar-refractivity contribution in [3.63, 3.8) is 0 Å². The maximum atomic E-state index is 13.0. The van der Waals surface area contributed by atoms with E-state index in [1.807, 2.05) is 42.5 Å². The van der Waals surface area contributed by atoms with Crippen molar-refractivity contribution in [1.29, 1.82) is 0 Å². The van der Waals surface area contributed by atoms with E-state index in [1.165, 1.54) is 5.56 Å². The van der Waals surface area contributed by atoms with Gasteiger partial charge in [0, 0.05) is 0 Å². The van der Waals surface area contributed by atoms with Crippen molar-refractivity contribution in [2.45, 2.75) is 26.2 Å². The summed E-state index contributed by atoms with van der Waals surface area (Å²) in [5.41, 5.74) is 3.71. The second-order valence-electron chi connectivity index (χ2n) is 7.84. The summed E-state index contributed by atoms with van der Waals surface area (Å²) in [4.78, 5) is 13.0. The van der Waals surface area contributed by atoms with Crippen molar-refractivity contribution in [3.05, 3.63) is 94.8 Å². The van der Waals surface area contributed by atoms with Gasteiger partial charge in [0.2, 0.25) is 0 Å². The second kappa shape index (κ2) is 7.43. The van der Waals surface area contributed by atoms with Gasteiger partial charge in [-0.05, 0) is 0 Å². The van der Waals surface area contributed by atoms with Crippen LogP contribution in [0.25, 0.3) is 22.1 Å². The minimum absolute atomic E-state index is 0.0169. The Balaban J connectivity index is 2.04. The summed E-state index contributed by atoms with van der Waals surface area (Å²) >= 11 is -0.140. The molecule has 1 heterocycles. The molecule has 0 aliphatic carbocycles. The zero-order valence-electron chi connectivity index (χ0n) is 16.2. The fourth-order valence-corrected chi connectivity index (χ4v) is 5.31. The van der Waals surface area contributed by atoms with Gasteiger partial charge in [-0.3, -0.25) is 0 Å². The van der Waals surface area contributed by atoms with Crippen molar-refractivity contribution >= 4 is 34.8 Å². The molecule has 0 N–H and O–H groups in total. The molecule has 0 fully saturated rings. The van der Waals surface area contributed by atoms with Gasteiger partial charge >= 0.3 is 171 Å². The summed E-state index contributed by atoms with van der Waals surface area (Å²) in [5, 5.41) is 1.01. The summed E-state index contributed by atoms with van der Waals surface area (Å²) in [6.45, 7) is 6.60. The van der Waals surface area contributed by atoms with Crippen LogP contribution in [-0.2, 0) is 5.41 Å². The second-order valence-corrected chi connectivity index (χ2v) is 10.1. The van der Waals surface area contributed by atoms with Crippen LogP contribution in [0.1, 0.15) is 26.3 Å². The van der Waals surface area contributed by atoms with Gasteiger partial charge in [-0.2, -0.15) is 0 Å². The van der Waals surface area contributed by atoms with Gasteiger partial charge in [-0.15, -0.1) is 0 Å². The van der Waals surface area contributed by atoms with Gasteiger partial charge in [0.1, 0.15) is 0 Å². The quantitative estimate of drug-likeness (QED) is 0.354. The predicted octanol–water partition coefficient (Wildman–Crippen LogP) is 4.41. The number of benzene rings is 3. The molecule has 0 amide bonds. The summed E-state index contributed by atoms with van der Waals surface area (Å²) in [7, 11) is 0. The van der Waals surface area contributed by atoms with Gasteiger partial charge in [0.25, 0.3) is 0 Å². The van der Waals surface area contributed by atoms with Gasteiger partial charge < -0.3 is 0 Å². The van der Waals surface area contributed by atoms with Crippen LogP contribution in [0.15, 0.2) is 88.1 Å². The van der Waals surface area contributed by atoms with Gasteiger partial charge in [-0.25, -0.2) is 0 Å². The molecule has 0 saturated carbocycles. The third-order valence-corrected chi connectivity index (χ3v) is 7.03. The zero-order chi connectivity index (χ0) is 19.7. The van der Waals surface area contributed by atoms with Crippen molar-refractivity contribution < 1.29 is 4.42 Å². The SMILES string of the molecule is CC(C)(C)c1ccc2oc(=O)c([Se]c3ccccc3)c(-c3ccccc3)c2c1. The Morgan fingerprint density at radius 1 is 0.821 bits per heavy atom. The topological polar surface area (TPSA) is 30.2 Å². The Morgan fingerprint density at radius 3 is 2.11 bits per heavy atom. The number of rotatable bonds is 3. The van der Waals surface area contributed by atoms with Crippen molar-refractivity contribution in [2.24, 2.45) is 0 Å². The molecular weight excluding hydrogens is 411 g/mol. The zero-order valence-corrected chi connectivity index (χ0v) is 17.9. The third-order valence-electron chi connectivity index (χ3n) is 4.76. The van der Waals surface area contributed by atoms with Gasteiger partial charge in [0.15, 0.2) is 0 Å². The van der Waals surface area contributed by atoms with E-state index in [0.29, 0.717) is 5.58 Å². The number of hydrogen-bond acceptors (Lipinski definition) is 2. The fourth-order valence-electron chi connectivity index (χ4n) is 3.24. The van der Waals surface area contributed by atoms with Crippen LogP contribution in [0.2, 0.25) is 0 Å². The standard InChI is InChI=1S/C25H22O2Se/c1-25(2,3)18-14-15-21-20(16-18)22(17-10-6-4-7-11-17)23(24(26)27-21)28-19-12-8-5-9-13-19/h4-16H,1-3H3. The molecule has 4 aromatic rings. The van der Waals surface area contributed by atoms with E-state index in [1.54, 1.807) is 0 Å².